The maximum Gasteiger partial charge on any atom is 0.161 e. The summed E-state index contributed by atoms with van der Waals surface area (Å²) < 4.78 is 11.4. The first-order chi connectivity index (χ1) is 9.38. The molecule has 1 aliphatic heterocycles. The highest BCUT2D eigenvalue weighted by molar-refractivity contribution is 5.46. The quantitative estimate of drug-likeness (QED) is 0.887. The van der Waals surface area contributed by atoms with Crippen molar-refractivity contribution >= 4 is 0 Å². The second kappa shape index (κ2) is 5.62. The highest BCUT2D eigenvalue weighted by Gasteiger charge is 2.39. The number of aliphatic hydroxyl groups excluding tert-OH is 1. The van der Waals surface area contributed by atoms with Crippen LogP contribution in [-0.2, 0) is 5.41 Å². The van der Waals surface area contributed by atoms with Crippen molar-refractivity contribution in [3.8, 4) is 11.5 Å². The molecule has 1 atom stereocenters. The number of nitrogens with two attached hydrogens (primary N) is 1. The summed E-state index contributed by atoms with van der Waals surface area (Å²) in [6.45, 7) is 7.52. The number of rotatable bonds is 4. The van der Waals surface area contributed by atoms with E-state index in [1.165, 1.54) is 0 Å². The summed E-state index contributed by atoms with van der Waals surface area (Å²) in [5.74, 6) is 1.56. The van der Waals surface area contributed by atoms with Crippen molar-refractivity contribution < 1.29 is 14.6 Å². The number of aliphatic hydroxyl groups is 1. The Bertz CT molecular complexity index is 467. The van der Waals surface area contributed by atoms with Crippen molar-refractivity contribution in [1.29, 1.82) is 0 Å². The van der Waals surface area contributed by atoms with Gasteiger partial charge in [0.1, 0.15) is 0 Å². The van der Waals surface area contributed by atoms with Gasteiger partial charge in [0.25, 0.3) is 0 Å². The van der Waals surface area contributed by atoms with Crippen molar-refractivity contribution in [2.75, 3.05) is 19.8 Å². The van der Waals surface area contributed by atoms with Gasteiger partial charge in [0.2, 0.25) is 0 Å². The second-order valence-corrected chi connectivity index (χ2v) is 6.24. The lowest BCUT2D eigenvalue weighted by Gasteiger charge is -2.42. The minimum absolute atomic E-state index is 0.103. The first-order valence-electron chi connectivity index (χ1n) is 7.18. The predicted octanol–water partition coefficient (Wildman–Crippen LogP) is 2.23. The zero-order valence-corrected chi connectivity index (χ0v) is 12.6. The molecule has 0 aliphatic carbocycles. The van der Waals surface area contributed by atoms with Crippen LogP contribution in [0.3, 0.4) is 0 Å². The summed E-state index contributed by atoms with van der Waals surface area (Å²) in [5, 5.41) is 9.40. The standard InChI is InChI=1S/C16H25NO3/c1-15(2,17)16(3,7-8-18)12-5-6-13-14(11-12)20-10-4-9-19-13/h5-6,11,18H,4,7-10,17H2,1-3H3. The molecule has 4 heteroatoms. The first-order valence-corrected chi connectivity index (χ1v) is 7.18. The molecule has 0 aromatic heterocycles. The van der Waals surface area contributed by atoms with Gasteiger partial charge in [-0.2, -0.15) is 0 Å². The molecule has 0 fully saturated rings. The van der Waals surface area contributed by atoms with Crippen LogP contribution in [0.1, 0.15) is 39.2 Å². The average molecular weight is 279 g/mol. The van der Waals surface area contributed by atoms with E-state index in [1.54, 1.807) is 0 Å². The van der Waals surface area contributed by atoms with E-state index in [2.05, 4.69) is 6.92 Å². The molecule has 4 nitrogen and oxygen atoms in total. The molecule has 0 radical (unpaired) electrons. The third-order valence-electron chi connectivity index (χ3n) is 4.42. The van der Waals surface area contributed by atoms with E-state index in [9.17, 15) is 5.11 Å². The molecule has 1 unspecified atom stereocenters. The van der Waals surface area contributed by atoms with E-state index in [0.717, 1.165) is 23.5 Å². The molecular weight excluding hydrogens is 254 g/mol. The molecule has 2 rings (SSSR count). The first kappa shape index (κ1) is 15.1. The van der Waals surface area contributed by atoms with Gasteiger partial charge in [-0.25, -0.2) is 0 Å². The number of fused-ring (bicyclic) bond motifs is 1. The number of hydrogen-bond donors (Lipinski definition) is 2. The Morgan fingerprint density at radius 3 is 2.40 bits per heavy atom. The van der Waals surface area contributed by atoms with E-state index >= 15 is 0 Å². The van der Waals surface area contributed by atoms with Crippen LogP contribution in [0.15, 0.2) is 18.2 Å². The summed E-state index contributed by atoms with van der Waals surface area (Å²) in [4.78, 5) is 0. The molecule has 1 aromatic carbocycles. The lowest BCUT2D eigenvalue weighted by Crippen LogP contribution is -2.52. The highest BCUT2D eigenvalue weighted by atomic mass is 16.5. The van der Waals surface area contributed by atoms with Gasteiger partial charge in [-0.05, 0) is 38.0 Å². The Morgan fingerprint density at radius 2 is 1.80 bits per heavy atom. The van der Waals surface area contributed by atoms with Crippen LogP contribution in [0.2, 0.25) is 0 Å². The number of hydrogen-bond acceptors (Lipinski definition) is 4. The lowest BCUT2D eigenvalue weighted by atomic mass is 9.67. The van der Waals surface area contributed by atoms with Crippen LogP contribution in [-0.4, -0.2) is 30.5 Å². The van der Waals surface area contributed by atoms with Crippen LogP contribution in [0.25, 0.3) is 0 Å². The predicted molar refractivity (Wildman–Crippen MR) is 79.4 cm³/mol. The Kier molecular flexibility index (Phi) is 4.25. The Labute approximate surface area is 120 Å². The highest BCUT2D eigenvalue weighted by Crippen LogP contribution is 2.41. The summed E-state index contributed by atoms with van der Waals surface area (Å²) in [6.07, 6.45) is 1.50. The maximum atomic E-state index is 9.40. The molecule has 112 valence electrons. The Hall–Kier alpha value is -1.26. The average Bonchev–Trinajstić information content (AvgIpc) is 2.61. The molecule has 20 heavy (non-hydrogen) atoms. The van der Waals surface area contributed by atoms with Crippen molar-refractivity contribution in [3.63, 3.8) is 0 Å². The fraction of sp³-hybridized carbons (Fsp3) is 0.625. The minimum atomic E-state index is -0.449. The minimum Gasteiger partial charge on any atom is -0.490 e. The summed E-state index contributed by atoms with van der Waals surface area (Å²) in [7, 11) is 0. The number of benzene rings is 1. The third kappa shape index (κ3) is 2.76. The van der Waals surface area contributed by atoms with Crippen LogP contribution >= 0.6 is 0 Å². The molecule has 3 N–H and O–H groups in total. The summed E-state index contributed by atoms with van der Waals surface area (Å²) in [5.41, 5.74) is 6.65. The summed E-state index contributed by atoms with van der Waals surface area (Å²) >= 11 is 0. The van der Waals surface area contributed by atoms with E-state index in [0.29, 0.717) is 19.6 Å². The zero-order valence-electron chi connectivity index (χ0n) is 12.6. The third-order valence-corrected chi connectivity index (χ3v) is 4.42. The van der Waals surface area contributed by atoms with Gasteiger partial charge >= 0.3 is 0 Å². The normalized spacial score (nSPS) is 18.2. The van der Waals surface area contributed by atoms with Gasteiger partial charge in [0.15, 0.2) is 11.5 Å². The van der Waals surface area contributed by atoms with Crippen molar-refractivity contribution in [3.05, 3.63) is 23.8 Å². The van der Waals surface area contributed by atoms with Gasteiger partial charge in [-0.3, -0.25) is 0 Å². The van der Waals surface area contributed by atoms with Crippen LogP contribution in [0.5, 0.6) is 11.5 Å². The van der Waals surface area contributed by atoms with Gasteiger partial charge < -0.3 is 20.3 Å². The van der Waals surface area contributed by atoms with Gasteiger partial charge in [-0.15, -0.1) is 0 Å². The molecule has 0 bridgehead atoms. The monoisotopic (exact) mass is 279 g/mol. The van der Waals surface area contributed by atoms with Crippen molar-refractivity contribution in [2.45, 2.75) is 44.6 Å². The van der Waals surface area contributed by atoms with E-state index in [1.807, 2.05) is 32.0 Å². The van der Waals surface area contributed by atoms with E-state index in [-0.39, 0.29) is 12.0 Å². The maximum absolute atomic E-state index is 9.40. The van der Waals surface area contributed by atoms with Crippen LogP contribution < -0.4 is 15.2 Å². The van der Waals surface area contributed by atoms with Gasteiger partial charge in [0.05, 0.1) is 13.2 Å². The van der Waals surface area contributed by atoms with E-state index in [4.69, 9.17) is 15.2 Å². The molecular formula is C16H25NO3. The van der Waals surface area contributed by atoms with Crippen LogP contribution in [0.4, 0.5) is 0 Å². The molecule has 0 saturated carbocycles. The van der Waals surface area contributed by atoms with Crippen molar-refractivity contribution in [2.24, 2.45) is 5.73 Å². The van der Waals surface area contributed by atoms with Crippen molar-refractivity contribution in [1.82, 2.24) is 0 Å². The van der Waals surface area contributed by atoms with Gasteiger partial charge in [0, 0.05) is 24.0 Å². The fourth-order valence-corrected chi connectivity index (χ4v) is 2.57. The van der Waals surface area contributed by atoms with Gasteiger partial charge in [-0.1, -0.05) is 13.0 Å². The lowest BCUT2D eigenvalue weighted by molar-refractivity contribution is 0.190. The molecule has 0 spiro atoms. The SMILES string of the molecule is CC(C)(N)C(C)(CCO)c1ccc2c(c1)OCCCO2. The Balaban J connectivity index is 2.42. The molecule has 1 heterocycles. The Morgan fingerprint density at radius 1 is 1.15 bits per heavy atom. The zero-order chi connectivity index (χ0) is 14.8. The smallest absolute Gasteiger partial charge is 0.161 e. The largest absolute Gasteiger partial charge is 0.490 e. The molecule has 1 aliphatic rings. The molecule has 0 saturated heterocycles. The topological polar surface area (TPSA) is 64.7 Å². The fourth-order valence-electron chi connectivity index (χ4n) is 2.57. The van der Waals surface area contributed by atoms with E-state index < -0.39 is 5.54 Å². The molecule has 1 aromatic rings. The van der Waals surface area contributed by atoms with Crippen LogP contribution in [0, 0.1) is 0 Å². The second-order valence-electron chi connectivity index (χ2n) is 6.24. The summed E-state index contributed by atoms with van der Waals surface area (Å²) in [6, 6.07) is 5.97. The number of ether oxygens (including phenoxy) is 2. The molecule has 0 amide bonds.